The summed E-state index contributed by atoms with van der Waals surface area (Å²) >= 11 is 0. The topological polar surface area (TPSA) is 300 Å². The third-order valence-electron chi connectivity index (χ3n) is 4.37. The van der Waals surface area contributed by atoms with Crippen molar-refractivity contribution in [2.24, 2.45) is 38.7 Å². The van der Waals surface area contributed by atoms with E-state index in [0.29, 0.717) is 6.42 Å². The number of carbonyl (C=O) groups is 4. The summed E-state index contributed by atoms with van der Waals surface area (Å²) in [4.78, 5) is 56.3. The highest BCUT2D eigenvalue weighted by atomic mass is 16.4. The molecule has 16 nitrogen and oxygen atoms in total. The van der Waals surface area contributed by atoms with E-state index in [9.17, 15) is 19.2 Å². The minimum atomic E-state index is -1.57. The molecule has 34 heavy (non-hydrogen) atoms. The molecule has 0 rings (SSSR count). The second-order valence-corrected chi connectivity index (χ2v) is 7.39. The van der Waals surface area contributed by atoms with Crippen molar-refractivity contribution in [2.45, 2.75) is 56.8 Å². The molecule has 0 saturated heterocycles. The number of amides is 3. The third kappa shape index (κ3) is 13.0. The molecule has 0 radical (unpaired) electrons. The summed E-state index contributed by atoms with van der Waals surface area (Å²) in [6, 6.07) is -4.75. The van der Waals surface area contributed by atoms with Crippen molar-refractivity contribution < 1.29 is 29.4 Å². The van der Waals surface area contributed by atoms with Crippen LogP contribution in [0.5, 0.6) is 0 Å². The lowest BCUT2D eigenvalue weighted by Crippen LogP contribution is -2.57. The second kappa shape index (κ2) is 16.0. The monoisotopic (exact) mass is 488 g/mol. The van der Waals surface area contributed by atoms with Gasteiger partial charge in [0.25, 0.3) is 0 Å². The Morgan fingerprint density at radius 2 is 1.15 bits per heavy atom. The maximum atomic E-state index is 12.9. The quantitative estimate of drug-likeness (QED) is 0.0556. The number of aliphatic imine (C=N–C) groups is 2. The molecule has 0 aromatic heterocycles. The number of carboxylic acid groups (broad SMARTS) is 1. The van der Waals surface area contributed by atoms with Crippen LogP contribution in [0.25, 0.3) is 0 Å². The van der Waals surface area contributed by atoms with Gasteiger partial charge in [0.15, 0.2) is 11.9 Å². The van der Waals surface area contributed by atoms with Crippen LogP contribution in [0.4, 0.5) is 0 Å². The fourth-order valence-electron chi connectivity index (χ4n) is 2.58. The standard InChI is InChI=1S/C18H36N10O6/c1-9(19)13(30)26-10(4-2-6-24-17(20)21)14(31)27-11(5-3-7-25-18(22)23)15(32)28-12(8-29)16(33)34/h9-12,29H,2-8,19H2,1H3,(H,26,30)(H,27,31)(H,28,32)(H,33,34)(H4,20,21,24)(H4,22,23,25). The zero-order chi connectivity index (χ0) is 26.3. The van der Waals surface area contributed by atoms with E-state index in [4.69, 9.17) is 38.9 Å². The Bertz CT molecular complexity index is 750. The van der Waals surface area contributed by atoms with E-state index in [1.165, 1.54) is 6.92 Å². The first-order valence-electron chi connectivity index (χ1n) is 10.5. The van der Waals surface area contributed by atoms with Gasteiger partial charge < -0.3 is 54.8 Å². The van der Waals surface area contributed by atoms with Crippen LogP contribution in [0.1, 0.15) is 32.6 Å². The zero-order valence-corrected chi connectivity index (χ0v) is 19.1. The highest BCUT2D eigenvalue weighted by molar-refractivity contribution is 5.94. The van der Waals surface area contributed by atoms with Crippen LogP contribution in [0.2, 0.25) is 0 Å². The summed E-state index contributed by atoms with van der Waals surface area (Å²) in [5, 5.41) is 25.4. The number of aliphatic carboxylic acids is 1. The molecule has 0 aliphatic rings. The number of nitrogens with two attached hydrogens (primary N) is 5. The Kier molecular flexibility index (Phi) is 14.3. The van der Waals surface area contributed by atoms with Crippen LogP contribution < -0.4 is 44.6 Å². The summed E-state index contributed by atoms with van der Waals surface area (Å²) < 4.78 is 0. The maximum absolute atomic E-state index is 12.9. The fraction of sp³-hybridized carbons (Fsp3) is 0.667. The molecule has 0 fully saturated rings. The summed E-state index contributed by atoms with van der Waals surface area (Å²) in [7, 11) is 0. The van der Waals surface area contributed by atoms with Gasteiger partial charge in [-0.25, -0.2) is 4.79 Å². The Hall–Kier alpha value is -3.66. The van der Waals surface area contributed by atoms with Gasteiger partial charge in [0.05, 0.1) is 12.6 Å². The number of nitrogens with one attached hydrogen (secondary N) is 3. The van der Waals surface area contributed by atoms with Crippen LogP contribution in [0.3, 0.4) is 0 Å². The number of carbonyl (C=O) groups excluding carboxylic acids is 3. The van der Waals surface area contributed by atoms with E-state index in [-0.39, 0.29) is 44.3 Å². The van der Waals surface area contributed by atoms with E-state index in [1.807, 2.05) is 0 Å². The number of aliphatic hydroxyl groups is 1. The molecule has 0 aromatic carbocycles. The van der Waals surface area contributed by atoms with Gasteiger partial charge in [0.1, 0.15) is 18.1 Å². The lowest BCUT2D eigenvalue weighted by Gasteiger charge is -2.24. The van der Waals surface area contributed by atoms with Gasteiger partial charge in [-0.15, -0.1) is 0 Å². The van der Waals surface area contributed by atoms with Gasteiger partial charge in [0, 0.05) is 13.1 Å². The third-order valence-corrected chi connectivity index (χ3v) is 4.37. The van der Waals surface area contributed by atoms with Gasteiger partial charge in [-0.3, -0.25) is 24.4 Å². The first-order valence-corrected chi connectivity index (χ1v) is 10.5. The van der Waals surface area contributed by atoms with Crippen LogP contribution in [-0.2, 0) is 19.2 Å². The first-order chi connectivity index (χ1) is 15.9. The van der Waals surface area contributed by atoms with Gasteiger partial charge in [0.2, 0.25) is 17.7 Å². The van der Waals surface area contributed by atoms with Crippen molar-refractivity contribution in [3.8, 4) is 0 Å². The second-order valence-electron chi connectivity index (χ2n) is 7.39. The minimum Gasteiger partial charge on any atom is -0.480 e. The molecule has 0 heterocycles. The lowest BCUT2D eigenvalue weighted by molar-refractivity contribution is -0.143. The normalized spacial score (nSPS) is 14.0. The first kappa shape index (κ1) is 30.3. The van der Waals surface area contributed by atoms with E-state index < -0.39 is 54.5 Å². The fourth-order valence-corrected chi connectivity index (χ4v) is 2.58. The van der Waals surface area contributed by atoms with E-state index in [0.717, 1.165) is 0 Å². The summed E-state index contributed by atoms with van der Waals surface area (Å²) in [5.74, 6) is -3.90. The summed E-state index contributed by atoms with van der Waals surface area (Å²) in [6.07, 6.45) is 0.739. The SMILES string of the molecule is CC(N)C(=O)NC(CCCN=C(N)N)C(=O)NC(CCCN=C(N)N)C(=O)NC(CO)C(=O)O. The maximum Gasteiger partial charge on any atom is 0.328 e. The van der Waals surface area contributed by atoms with Crippen molar-refractivity contribution in [3.63, 3.8) is 0 Å². The van der Waals surface area contributed by atoms with Crippen LogP contribution in [0.15, 0.2) is 9.98 Å². The molecule has 4 atom stereocenters. The Balaban J connectivity index is 5.49. The van der Waals surface area contributed by atoms with E-state index >= 15 is 0 Å². The molecular formula is C18H36N10O6. The molecule has 15 N–H and O–H groups in total. The van der Waals surface area contributed by atoms with Crippen molar-refractivity contribution in [1.82, 2.24) is 16.0 Å². The predicted octanol–water partition coefficient (Wildman–Crippen LogP) is -5.03. The van der Waals surface area contributed by atoms with Gasteiger partial charge in [-0.1, -0.05) is 0 Å². The predicted molar refractivity (Wildman–Crippen MR) is 124 cm³/mol. The molecule has 3 amide bonds. The van der Waals surface area contributed by atoms with Gasteiger partial charge in [-0.05, 0) is 32.6 Å². The Labute approximate surface area is 196 Å². The highest BCUT2D eigenvalue weighted by Crippen LogP contribution is 2.04. The Morgan fingerprint density at radius 3 is 1.47 bits per heavy atom. The molecular weight excluding hydrogens is 452 g/mol. The largest absolute Gasteiger partial charge is 0.480 e. The number of rotatable bonds is 16. The van der Waals surface area contributed by atoms with Crippen molar-refractivity contribution in [2.75, 3.05) is 19.7 Å². The molecule has 0 saturated carbocycles. The lowest BCUT2D eigenvalue weighted by atomic mass is 10.1. The minimum absolute atomic E-state index is 0.0358. The van der Waals surface area contributed by atoms with Gasteiger partial charge in [-0.2, -0.15) is 0 Å². The van der Waals surface area contributed by atoms with E-state index in [1.54, 1.807) is 0 Å². The molecule has 0 aromatic rings. The number of nitrogens with zero attached hydrogens (tertiary/aromatic N) is 2. The van der Waals surface area contributed by atoms with Crippen molar-refractivity contribution in [3.05, 3.63) is 0 Å². The highest BCUT2D eigenvalue weighted by Gasteiger charge is 2.29. The zero-order valence-electron chi connectivity index (χ0n) is 19.1. The number of hydrogen-bond donors (Lipinski definition) is 10. The summed E-state index contributed by atoms with van der Waals surface area (Å²) in [6.45, 7) is 0.922. The van der Waals surface area contributed by atoms with Crippen LogP contribution >= 0.6 is 0 Å². The molecule has 0 bridgehead atoms. The summed E-state index contributed by atoms with van der Waals surface area (Å²) in [5.41, 5.74) is 26.6. The van der Waals surface area contributed by atoms with E-state index in [2.05, 4.69) is 25.9 Å². The molecule has 0 spiro atoms. The number of guanidine groups is 2. The van der Waals surface area contributed by atoms with Crippen LogP contribution in [0, 0.1) is 0 Å². The van der Waals surface area contributed by atoms with Crippen molar-refractivity contribution >= 4 is 35.6 Å². The molecule has 16 heteroatoms. The molecule has 0 aliphatic heterocycles. The number of hydrogen-bond acceptors (Lipinski definition) is 8. The Morgan fingerprint density at radius 1 is 0.765 bits per heavy atom. The molecule has 0 aliphatic carbocycles. The average Bonchev–Trinajstić information content (AvgIpc) is 2.74. The van der Waals surface area contributed by atoms with Crippen LogP contribution in [-0.4, -0.2) is 89.7 Å². The smallest absolute Gasteiger partial charge is 0.328 e. The van der Waals surface area contributed by atoms with Crippen molar-refractivity contribution in [1.29, 1.82) is 0 Å². The number of carboxylic acids is 1. The average molecular weight is 489 g/mol. The van der Waals surface area contributed by atoms with Gasteiger partial charge >= 0.3 is 5.97 Å². The molecule has 194 valence electrons. The molecule has 4 unspecified atom stereocenters. The number of aliphatic hydroxyl groups excluding tert-OH is 1.